The van der Waals surface area contributed by atoms with E-state index in [0.29, 0.717) is 11.5 Å². The molecule has 0 aliphatic carbocycles. The monoisotopic (exact) mass is 329 g/mol. The number of hydrogen-bond acceptors (Lipinski definition) is 3. The molecule has 0 amide bonds. The van der Waals surface area contributed by atoms with Gasteiger partial charge in [0.25, 0.3) is 0 Å². The Morgan fingerprint density at radius 3 is 2.05 bits per heavy atom. The van der Waals surface area contributed by atoms with Crippen LogP contribution < -0.4 is 9.46 Å². The summed E-state index contributed by atoms with van der Waals surface area (Å²) in [5.74, 6) is 0.766. The molecular formula is C14H13ClFNO3S. The lowest BCUT2D eigenvalue weighted by Crippen LogP contribution is -2.23. The van der Waals surface area contributed by atoms with E-state index in [1.54, 1.807) is 24.3 Å². The summed E-state index contributed by atoms with van der Waals surface area (Å²) in [7, 11) is -3.43. The van der Waals surface area contributed by atoms with Crippen molar-refractivity contribution in [3.8, 4) is 11.5 Å². The van der Waals surface area contributed by atoms with Crippen molar-refractivity contribution >= 4 is 21.6 Å². The Bertz CT molecular complexity index is 687. The molecule has 0 saturated carbocycles. The van der Waals surface area contributed by atoms with Crippen LogP contribution in [0.15, 0.2) is 48.5 Å². The second-order valence-corrected chi connectivity index (χ2v) is 6.64. The van der Waals surface area contributed by atoms with Gasteiger partial charge in [-0.2, -0.15) is 0 Å². The van der Waals surface area contributed by atoms with Crippen LogP contribution in [0.2, 0.25) is 0 Å². The lowest BCUT2D eigenvalue weighted by molar-refractivity contribution is 0.480. The van der Waals surface area contributed by atoms with Crippen molar-refractivity contribution in [3.05, 3.63) is 59.9 Å². The van der Waals surface area contributed by atoms with E-state index in [1.807, 2.05) is 0 Å². The van der Waals surface area contributed by atoms with E-state index in [1.165, 1.54) is 24.3 Å². The number of rotatable bonds is 6. The molecule has 0 heterocycles. The zero-order valence-electron chi connectivity index (χ0n) is 10.9. The predicted molar refractivity (Wildman–Crippen MR) is 79.4 cm³/mol. The van der Waals surface area contributed by atoms with E-state index in [4.69, 9.17) is 16.3 Å². The van der Waals surface area contributed by atoms with Gasteiger partial charge in [0.05, 0.1) is 0 Å². The Balaban J connectivity index is 1.97. The SMILES string of the molecule is O=S(=O)(CCl)NCc1ccc(Oc2ccc(F)cc2)cc1. The first-order valence-electron chi connectivity index (χ1n) is 6.04. The second kappa shape index (κ2) is 6.89. The van der Waals surface area contributed by atoms with Crippen LogP contribution >= 0.6 is 11.6 Å². The average molecular weight is 330 g/mol. The predicted octanol–water partition coefficient (Wildman–Crippen LogP) is 3.23. The molecule has 0 aliphatic heterocycles. The first-order chi connectivity index (χ1) is 9.98. The van der Waals surface area contributed by atoms with Gasteiger partial charge in [-0.05, 0) is 42.0 Å². The molecule has 1 N–H and O–H groups in total. The standard InChI is InChI=1S/C14H13ClFNO3S/c15-10-21(18,19)17-9-11-1-5-13(6-2-11)20-14-7-3-12(16)4-8-14/h1-8,17H,9-10H2. The molecule has 0 aromatic heterocycles. The van der Waals surface area contributed by atoms with Gasteiger partial charge in [0.15, 0.2) is 0 Å². The third-order valence-corrected chi connectivity index (χ3v) is 4.35. The van der Waals surface area contributed by atoms with Crippen LogP contribution in [-0.4, -0.2) is 13.6 Å². The van der Waals surface area contributed by atoms with Gasteiger partial charge >= 0.3 is 0 Å². The van der Waals surface area contributed by atoms with Gasteiger partial charge < -0.3 is 4.74 Å². The summed E-state index contributed by atoms with van der Waals surface area (Å²) in [5, 5.41) is -0.473. The number of alkyl halides is 1. The molecule has 0 fully saturated rings. The highest BCUT2D eigenvalue weighted by molar-refractivity contribution is 7.90. The minimum Gasteiger partial charge on any atom is -0.457 e. The Morgan fingerprint density at radius 2 is 1.52 bits per heavy atom. The van der Waals surface area contributed by atoms with Crippen molar-refractivity contribution in [2.75, 3.05) is 5.21 Å². The zero-order valence-corrected chi connectivity index (χ0v) is 12.5. The van der Waals surface area contributed by atoms with E-state index in [-0.39, 0.29) is 12.4 Å². The number of halogens is 2. The molecule has 2 aromatic rings. The van der Waals surface area contributed by atoms with Gasteiger partial charge in [0, 0.05) is 6.54 Å². The van der Waals surface area contributed by atoms with Gasteiger partial charge in [-0.1, -0.05) is 12.1 Å². The molecule has 0 radical (unpaired) electrons. The third kappa shape index (κ3) is 5.00. The van der Waals surface area contributed by atoms with Crippen molar-refractivity contribution in [2.45, 2.75) is 6.54 Å². The largest absolute Gasteiger partial charge is 0.457 e. The number of ether oxygens (including phenoxy) is 1. The van der Waals surface area contributed by atoms with Crippen molar-refractivity contribution in [1.29, 1.82) is 0 Å². The van der Waals surface area contributed by atoms with E-state index in [2.05, 4.69) is 4.72 Å². The number of sulfonamides is 1. The minimum atomic E-state index is -3.43. The van der Waals surface area contributed by atoms with Gasteiger partial charge in [0.1, 0.15) is 22.5 Å². The highest BCUT2D eigenvalue weighted by Gasteiger charge is 2.07. The first kappa shape index (κ1) is 15.8. The average Bonchev–Trinajstić information content (AvgIpc) is 2.49. The maximum absolute atomic E-state index is 12.8. The van der Waals surface area contributed by atoms with Crippen LogP contribution in [-0.2, 0) is 16.6 Å². The fourth-order valence-corrected chi connectivity index (χ4v) is 2.24. The summed E-state index contributed by atoms with van der Waals surface area (Å²) in [6.07, 6.45) is 0. The van der Waals surface area contributed by atoms with E-state index in [9.17, 15) is 12.8 Å². The maximum Gasteiger partial charge on any atom is 0.225 e. The van der Waals surface area contributed by atoms with Gasteiger partial charge in [-0.25, -0.2) is 17.5 Å². The van der Waals surface area contributed by atoms with Crippen molar-refractivity contribution in [3.63, 3.8) is 0 Å². The number of nitrogens with one attached hydrogen (secondary N) is 1. The lowest BCUT2D eigenvalue weighted by atomic mass is 10.2. The van der Waals surface area contributed by atoms with Gasteiger partial charge in [-0.3, -0.25) is 0 Å². The van der Waals surface area contributed by atoms with Gasteiger partial charge in [0.2, 0.25) is 10.0 Å². The van der Waals surface area contributed by atoms with Crippen molar-refractivity contribution < 1.29 is 17.5 Å². The quantitative estimate of drug-likeness (QED) is 0.828. The summed E-state index contributed by atoms with van der Waals surface area (Å²) in [6, 6.07) is 12.5. The van der Waals surface area contributed by atoms with Crippen LogP contribution in [0.5, 0.6) is 11.5 Å². The second-order valence-electron chi connectivity index (χ2n) is 4.24. The summed E-state index contributed by atoms with van der Waals surface area (Å²) >= 11 is 5.29. The van der Waals surface area contributed by atoms with Crippen LogP contribution in [0, 0.1) is 5.82 Å². The fourth-order valence-electron chi connectivity index (χ4n) is 1.55. The molecule has 0 saturated heterocycles. The van der Waals surface area contributed by atoms with Gasteiger partial charge in [-0.15, -0.1) is 11.6 Å². The Kier molecular flexibility index (Phi) is 5.17. The van der Waals surface area contributed by atoms with E-state index in [0.717, 1.165) is 5.56 Å². The van der Waals surface area contributed by atoms with Crippen molar-refractivity contribution in [1.82, 2.24) is 4.72 Å². The summed E-state index contributed by atoms with van der Waals surface area (Å²) in [5.41, 5.74) is 0.773. The topological polar surface area (TPSA) is 55.4 Å². The third-order valence-electron chi connectivity index (χ3n) is 2.61. The molecule has 0 atom stereocenters. The molecule has 2 aromatic carbocycles. The van der Waals surface area contributed by atoms with Crippen LogP contribution in [0.1, 0.15) is 5.56 Å². The Labute approximate surface area is 127 Å². The molecule has 7 heteroatoms. The molecule has 0 aliphatic rings. The summed E-state index contributed by atoms with van der Waals surface area (Å²) in [4.78, 5) is 0. The molecule has 0 bridgehead atoms. The highest BCUT2D eigenvalue weighted by Crippen LogP contribution is 2.21. The molecule has 112 valence electrons. The Hall–Kier alpha value is -1.63. The molecular weight excluding hydrogens is 317 g/mol. The molecule has 0 spiro atoms. The summed E-state index contributed by atoms with van der Waals surface area (Å²) in [6.45, 7) is 0.159. The number of hydrogen-bond donors (Lipinski definition) is 1. The first-order valence-corrected chi connectivity index (χ1v) is 8.23. The van der Waals surface area contributed by atoms with Crippen LogP contribution in [0.3, 0.4) is 0 Å². The zero-order chi connectivity index (χ0) is 15.3. The summed E-state index contributed by atoms with van der Waals surface area (Å²) < 4.78 is 43.1. The normalized spacial score (nSPS) is 11.3. The Morgan fingerprint density at radius 1 is 1.00 bits per heavy atom. The fraction of sp³-hybridized carbons (Fsp3) is 0.143. The smallest absolute Gasteiger partial charge is 0.225 e. The number of benzene rings is 2. The maximum atomic E-state index is 12.8. The highest BCUT2D eigenvalue weighted by atomic mass is 35.5. The molecule has 0 unspecified atom stereocenters. The molecule has 21 heavy (non-hydrogen) atoms. The van der Waals surface area contributed by atoms with Crippen LogP contribution in [0.25, 0.3) is 0 Å². The molecule has 2 rings (SSSR count). The minimum absolute atomic E-state index is 0.159. The lowest BCUT2D eigenvalue weighted by Gasteiger charge is -2.07. The van der Waals surface area contributed by atoms with E-state index >= 15 is 0 Å². The van der Waals surface area contributed by atoms with E-state index < -0.39 is 15.2 Å². The van der Waals surface area contributed by atoms with Crippen LogP contribution in [0.4, 0.5) is 4.39 Å². The van der Waals surface area contributed by atoms with Crippen molar-refractivity contribution in [2.24, 2.45) is 0 Å². The molecule has 4 nitrogen and oxygen atoms in total.